The molecule has 0 aromatic heterocycles. The number of fused-ring (bicyclic) bond motifs is 1. The van der Waals surface area contributed by atoms with Gasteiger partial charge in [-0.05, 0) is 64.9 Å². The first kappa shape index (κ1) is 21.0. The van der Waals surface area contributed by atoms with Crippen LogP contribution in [0.3, 0.4) is 0 Å². The van der Waals surface area contributed by atoms with Gasteiger partial charge in [0.05, 0.1) is 21.1 Å². The Morgan fingerprint density at radius 1 is 1.21 bits per heavy atom. The van der Waals surface area contributed by atoms with E-state index in [1.165, 1.54) is 7.11 Å². The van der Waals surface area contributed by atoms with Gasteiger partial charge in [-0.15, -0.1) is 0 Å². The molecule has 0 bridgehead atoms. The van der Waals surface area contributed by atoms with Crippen molar-refractivity contribution in [1.82, 2.24) is 4.72 Å². The van der Waals surface area contributed by atoms with E-state index in [0.29, 0.717) is 23.7 Å². The molecule has 0 aliphatic carbocycles. The number of alkyl halides is 3. The average Bonchev–Trinajstić information content (AvgIpc) is 3.09. The molecule has 0 fully saturated rings. The van der Waals surface area contributed by atoms with E-state index in [0.717, 1.165) is 33.4 Å². The van der Waals surface area contributed by atoms with Crippen molar-refractivity contribution >= 4 is 32.6 Å². The highest BCUT2D eigenvalue weighted by atomic mass is 127. The zero-order valence-electron chi connectivity index (χ0n) is 14.5. The molecule has 0 amide bonds. The quantitative estimate of drug-likeness (QED) is 0.580. The molecule has 2 aromatic rings. The number of hydrogen-bond acceptors (Lipinski definition) is 5. The smallest absolute Gasteiger partial charge is 0.416 e. The molecular formula is C17H15F3INO5S. The number of hydrogen-bond donors (Lipinski definition) is 1. The lowest BCUT2D eigenvalue weighted by Gasteiger charge is -2.13. The van der Waals surface area contributed by atoms with Crippen LogP contribution >= 0.6 is 22.6 Å². The minimum absolute atomic E-state index is 0.0438. The van der Waals surface area contributed by atoms with Crippen molar-refractivity contribution in [3.05, 3.63) is 45.0 Å². The molecular weight excluding hydrogens is 514 g/mol. The van der Waals surface area contributed by atoms with Gasteiger partial charge < -0.3 is 14.2 Å². The van der Waals surface area contributed by atoms with Crippen LogP contribution in [0.2, 0.25) is 0 Å². The van der Waals surface area contributed by atoms with Crippen LogP contribution in [-0.4, -0.2) is 28.9 Å². The Kier molecular flexibility index (Phi) is 5.96. The van der Waals surface area contributed by atoms with Gasteiger partial charge in [0.25, 0.3) is 0 Å². The largest absolute Gasteiger partial charge is 0.492 e. The number of nitrogens with one attached hydrogen (secondary N) is 1. The van der Waals surface area contributed by atoms with E-state index in [-0.39, 0.29) is 18.2 Å². The Bertz CT molecular complexity index is 978. The van der Waals surface area contributed by atoms with Crippen molar-refractivity contribution in [1.29, 1.82) is 0 Å². The SMILES string of the molecule is COc1c(I)c(CCNS(=O)(=O)c2ccc(C(F)(F)F)cc2)cc2c1OCO2. The third-order valence-corrected chi connectivity index (χ3v) is 6.68. The zero-order valence-corrected chi connectivity index (χ0v) is 17.4. The molecule has 1 N–H and O–H groups in total. The van der Waals surface area contributed by atoms with Gasteiger partial charge in [-0.1, -0.05) is 0 Å². The van der Waals surface area contributed by atoms with Gasteiger partial charge in [0.2, 0.25) is 22.6 Å². The van der Waals surface area contributed by atoms with Crippen LogP contribution < -0.4 is 18.9 Å². The molecule has 0 spiro atoms. The predicted octanol–water partition coefficient (Wildman–Crippen LogP) is 3.57. The number of rotatable bonds is 6. The molecule has 3 rings (SSSR count). The van der Waals surface area contributed by atoms with Crippen molar-refractivity contribution in [2.75, 3.05) is 20.4 Å². The highest BCUT2D eigenvalue weighted by Gasteiger charge is 2.30. The molecule has 1 aliphatic rings. The number of sulfonamides is 1. The van der Waals surface area contributed by atoms with Crippen molar-refractivity contribution in [3.63, 3.8) is 0 Å². The fourth-order valence-corrected chi connectivity index (χ4v) is 4.55. The van der Waals surface area contributed by atoms with Crippen LogP contribution in [0, 0.1) is 3.57 Å². The van der Waals surface area contributed by atoms with Gasteiger partial charge in [-0.25, -0.2) is 13.1 Å². The van der Waals surface area contributed by atoms with E-state index >= 15 is 0 Å². The van der Waals surface area contributed by atoms with Gasteiger partial charge >= 0.3 is 6.18 Å². The molecule has 0 unspecified atom stereocenters. The summed E-state index contributed by atoms with van der Waals surface area (Å²) in [6.07, 6.45) is -4.20. The standard InChI is InChI=1S/C17H15F3INO5S/c1-25-16-14(21)10(8-13-15(16)27-9-26-13)6-7-22-28(23,24)12-4-2-11(3-5-12)17(18,19)20/h2-5,8,22H,6-7,9H2,1H3. The summed E-state index contributed by atoms with van der Waals surface area (Å²) in [6, 6.07) is 5.08. The van der Waals surface area contributed by atoms with E-state index in [1.807, 2.05) is 0 Å². The minimum Gasteiger partial charge on any atom is -0.492 e. The highest BCUT2D eigenvalue weighted by molar-refractivity contribution is 14.1. The molecule has 2 aromatic carbocycles. The van der Waals surface area contributed by atoms with Crippen LogP contribution in [0.15, 0.2) is 35.2 Å². The Balaban J connectivity index is 1.71. The number of methoxy groups -OCH3 is 1. The summed E-state index contributed by atoms with van der Waals surface area (Å²) >= 11 is 2.07. The Labute approximate surface area is 173 Å². The van der Waals surface area contributed by atoms with Crippen molar-refractivity contribution < 1.29 is 35.8 Å². The van der Waals surface area contributed by atoms with Crippen LogP contribution in [0.4, 0.5) is 13.2 Å². The molecule has 0 atom stereocenters. The van der Waals surface area contributed by atoms with Gasteiger partial charge in [0, 0.05) is 6.54 Å². The average molecular weight is 529 g/mol. The molecule has 28 heavy (non-hydrogen) atoms. The fourth-order valence-electron chi connectivity index (χ4n) is 2.63. The highest BCUT2D eigenvalue weighted by Crippen LogP contribution is 2.45. The summed E-state index contributed by atoms with van der Waals surface area (Å²) in [5, 5.41) is 0. The zero-order chi connectivity index (χ0) is 20.5. The van der Waals surface area contributed by atoms with E-state index in [9.17, 15) is 21.6 Å². The number of benzene rings is 2. The van der Waals surface area contributed by atoms with Crippen molar-refractivity contribution in [2.45, 2.75) is 17.5 Å². The van der Waals surface area contributed by atoms with Gasteiger partial charge in [-0.2, -0.15) is 13.2 Å². The van der Waals surface area contributed by atoms with Gasteiger partial charge in [-0.3, -0.25) is 0 Å². The third kappa shape index (κ3) is 4.30. The maximum atomic E-state index is 12.6. The van der Waals surface area contributed by atoms with E-state index in [4.69, 9.17) is 14.2 Å². The second kappa shape index (κ2) is 7.95. The lowest BCUT2D eigenvalue weighted by atomic mass is 10.1. The summed E-state index contributed by atoms with van der Waals surface area (Å²) in [5.74, 6) is 1.52. The lowest BCUT2D eigenvalue weighted by molar-refractivity contribution is -0.137. The van der Waals surface area contributed by atoms with Crippen molar-refractivity contribution in [3.8, 4) is 17.2 Å². The van der Waals surface area contributed by atoms with E-state index in [2.05, 4.69) is 27.3 Å². The summed E-state index contributed by atoms with van der Waals surface area (Å²) in [7, 11) is -2.44. The van der Waals surface area contributed by atoms with Crippen LogP contribution in [0.1, 0.15) is 11.1 Å². The van der Waals surface area contributed by atoms with Crippen molar-refractivity contribution in [2.24, 2.45) is 0 Å². The first-order valence-electron chi connectivity index (χ1n) is 7.95. The first-order valence-corrected chi connectivity index (χ1v) is 10.5. The maximum Gasteiger partial charge on any atom is 0.416 e. The minimum atomic E-state index is -4.52. The summed E-state index contributed by atoms with van der Waals surface area (Å²) in [4.78, 5) is -0.238. The van der Waals surface area contributed by atoms with Crippen LogP contribution in [0.5, 0.6) is 17.2 Å². The second-order valence-corrected chi connectivity index (χ2v) is 8.63. The normalized spacial score (nSPS) is 13.6. The Morgan fingerprint density at radius 3 is 2.50 bits per heavy atom. The second-order valence-electron chi connectivity index (χ2n) is 5.79. The summed E-state index contributed by atoms with van der Waals surface area (Å²) < 4.78 is 81.7. The number of halogens is 4. The first-order chi connectivity index (χ1) is 13.1. The Morgan fingerprint density at radius 2 is 1.89 bits per heavy atom. The summed E-state index contributed by atoms with van der Waals surface area (Å²) in [6.45, 7) is 0.119. The molecule has 6 nitrogen and oxygen atoms in total. The maximum absolute atomic E-state index is 12.6. The topological polar surface area (TPSA) is 73.9 Å². The third-order valence-electron chi connectivity index (χ3n) is 4.02. The molecule has 1 heterocycles. The van der Waals surface area contributed by atoms with Gasteiger partial charge in [0.15, 0.2) is 11.5 Å². The lowest BCUT2D eigenvalue weighted by Crippen LogP contribution is -2.26. The fraction of sp³-hybridized carbons (Fsp3) is 0.294. The summed E-state index contributed by atoms with van der Waals surface area (Å²) in [5.41, 5.74) is -0.120. The molecule has 11 heteroatoms. The van der Waals surface area contributed by atoms with Crippen LogP contribution in [-0.2, 0) is 22.6 Å². The molecule has 1 aliphatic heterocycles. The van der Waals surface area contributed by atoms with Gasteiger partial charge in [0.1, 0.15) is 0 Å². The molecule has 0 radical (unpaired) electrons. The van der Waals surface area contributed by atoms with E-state index in [1.54, 1.807) is 6.07 Å². The molecule has 0 saturated carbocycles. The Hall–Kier alpha value is -1.73. The van der Waals surface area contributed by atoms with E-state index < -0.39 is 21.8 Å². The number of ether oxygens (including phenoxy) is 3. The predicted molar refractivity (Wildman–Crippen MR) is 102 cm³/mol. The monoisotopic (exact) mass is 529 g/mol. The molecule has 152 valence electrons. The van der Waals surface area contributed by atoms with Crippen LogP contribution in [0.25, 0.3) is 0 Å². The molecule has 0 saturated heterocycles.